The van der Waals surface area contributed by atoms with E-state index >= 15 is 0 Å². The number of hydrogen-bond donors (Lipinski definition) is 0. The van der Waals surface area contributed by atoms with E-state index < -0.39 is 12.3 Å². The van der Waals surface area contributed by atoms with Gasteiger partial charge in [0.05, 0.1) is 0 Å². The minimum atomic E-state index is -4.56. The Morgan fingerprint density at radius 3 is 1.86 bits per heavy atom. The van der Waals surface area contributed by atoms with Crippen molar-refractivity contribution in [3.05, 3.63) is 0 Å². The molecule has 80 valence electrons. The lowest BCUT2D eigenvalue weighted by Gasteiger charge is -2.77. The van der Waals surface area contributed by atoms with Crippen molar-refractivity contribution in [2.75, 3.05) is 0 Å². The molecule has 4 heteroatoms. The molecule has 4 fully saturated rings. The maximum Gasteiger partial charge on any atom is 0.484 e. The maximum absolute atomic E-state index is 12.6. The third kappa shape index (κ3) is 0.879. The molecule has 0 aromatic rings. The molecule has 4 aliphatic rings. The van der Waals surface area contributed by atoms with Crippen molar-refractivity contribution in [3.8, 4) is 0 Å². The van der Waals surface area contributed by atoms with E-state index in [2.05, 4.69) is 0 Å². The Balaban J connectivity index is 1.69. The lowest BCUT2D eigenvalue weighted by atomic mass is 9.22. The predicted octanol–water partition coefficient (Wildman–Crippen LogP) is 3.95. The van der Waals surface area contributed by atoms with Gasteiger partial charge in [0.25, 0.3) is 0 Å². The van der Waals surface area contributed by atoms with Gasteiger partial charge in [0, 0.05) is 0 Å². The van der Waals surface area contributed by atoms with Gasteiger partial charge in [-0.15, -0.1) is 0 Å². The Morgan fingerprint density at radius 2 is 1.43 bits per heavy atom. The minimum absolute atomic E-state index is 0.160. The molecule has 0 saturated heterocycles. The first-order chi connectivity index (χ1) is 6.48. The van der Waals surface area contributed by atoms with Crippen LogP contribution in [0.25, 0.3) is 0 Å². The SMILES string of the molecule is F[B-](F)(F)C12CC(C3CCCC3)(C1)C2. The summed E-state index contributed by atoms with van der Waals surface area (Å²) in [6, 6.07) is 0. The third-order valence-electron chi connectivity index (χ3n) is 5.03. The Morgan fingerprint density at radius 1 is 0.929 bits per heavy atom. The lowest BCUT2D eigenvalue weighted by molar-refractivity contribution is -0.153. The molecule has 4 rings (SSSR count). The first-order valence-corrected chi connectivity index (χ1v) is 5.67. The van der Waals surface area contributed by atoms with Crippen LogP contribution in [-0.4, -0.2) is 6.98 Å². The molecule has 0 unspecified atom stereocenters. The molecule has 14 heavy (non-hydrogen) atoms. The van der Waals surface area contributed by atoms with Crippen LogP contribution in [0.15, 0.2) is 0 Å². The van der Waals surface area contributed by atoms with E-state index in [-0.39, 0.29) is 5.41 Å². The van der Waals surface area contributed by atoms with Gasteiger partial charge in [0.15, 0.2) is 0 Å². The summed E-state index contributed by atoms with van der Waals surface area (Å²) < 4.78 is 37.9. The van der Waals surface area contributed by atoms with Gasteiger partial charge in [-0.1, -0.05) is 37.4 Å². The Kier molecular flexibility index (Phi) is 1.51. The summed E-state index contributed by atoms with van der Waals surface area (Å²) in [5, 5.41) is -1.16. The second kappa shape index (κ2) is 2.33. The quantitative estimate of drug-likeness (QED) is 0.596. The third-order valence-corrected chi connectivity index (χ3v) is 5.03. The molecule has 0 atom stereocenters. The van der Waals surface area contributed by atoms with Gasteiger partial charge in [-0.05, 0) is 24.2 Å². The van der Waals surface area contributed by atoms with Gasteiger partial charge in [-0.3, -0.25) is 0 Å². The molecule has 0 radical (unpaired) electrons. The normalized spacial score (nSPS) is 47.4. The van der Waals surface area contributed by atoms with Gasteiger partial charge < -0.3 is 12.9 Å². The van der Waals surface area contributed by atoms with Crippen molar-refractivity contribution >= 4 is 6.98 Å². The topological polar surface area (TPSA) is 0 Å². The van der Waals surface area contributed by atoms with Crippen molar-refractivity contribution in [2.24, 2.45) is 11.3 Å². The van der Waals surface area contributed by atoms with Gasteiger partial charge >= 0.3 is 6.98 Å². The van der Waals surface area contributed by atoms with E-state index in [1.807, 2.05) is 0 Å². The van der Waals surface area contributed by atoms with Crippen LogP contribution in [-0.2, 0) is 0 Å². The van der Waals surface area contributed by atoms with Crippen LogP contribution in [0.2, 0.25) is 5.31 Å². The zero-order valence-corrected chi connectivity index (χ0v) is 8.24. The molecule has 0 spiro atoms. The summed E-state index contributed by atoms with van der Waals surface area (Å²) in [4.78, 5) is 0. The zero-order valence-electron chi connectivity index (χ0n) is 8.24. The summed E-state index contributed by atoms with van der Waals surface area (Å²) in [6.45, 7) is -4.56. The van der Waals surface area contributed by atoms with Crippen molar-refractivity contribution < 1.29 is 12.9 Å². The van der Waals surface area contributed by atoms with Crippen LogP contribution >= 0.6 is 0 Å². The van der Waals surface area contributed by atoms with Crippen molar-refractivity contribution in [2.45, 2.75) is 50.3 Å². The number of rotatable bonds is 2. The molecule has 4 saturated carbocycles. The second-order valence-corrected chi connectivity index (χ2v) is 5.81. The smallest absolute Gasteiger partial charge is 0.449 e. The average molecular weight is 203 g/mol. The monoisotopic (exact) mass is 203 g/mol. The molecule has 2 bridgehead atoms. The largest absolute Gasteiger partial charge is 0.484 e. The number of halogens is 3. The fraction of sp³-hybridized carbons (Fsp3) is 1.00. The molecule has 0 aromatic carbocycles. The van der Waals surface area contributed by atoms with Crippen LogP contribution in [0.3, 0.4) is 0 Å². The average Bonchev–Trinajstić information content (AvgIpc) is 2.28. The van der Waals surface area contributed by atoms with Gasteiger partial charge in [-0.25, -0.2) is 0 Å². The van der Waals surface area contributed by atoms with Crippen LogP contribution < -0.4 is 0 Å². The van der Waals surface area contributed by atoms with Crippen molar-refractivity contribution in [3.63, 3.8) is 0 Å². The Hall–Kier alpha value is -0.145. The van der Waals surface area contributed by atoms with Crippen molar-refractivity contribution in [1.29, 1.82) is 0 Å². The van der Waals surface area contributed by atoms with Crippen molar-refractivity contribution in [1.82, 2.24) is 0 Å². The molecule has 0 heterocycles. The van der Waals surface area contributed by atoms with Gasteiger partial charge in [0.2, 0.25) is 0 Å². The predicted molar refractivity (Wildman–Crippen MR) is 50.0 cm³/mol. The first kappa shape index (κ1) is 9.11. The highest BCUT2D eigenvalue weighted by Gasteiger charge is 2.75. The van der Waals surface area contributed by atoms with Gasteiger partial charge in [0.1, 0.15) is 0 Å². The van der Waals surface area contributed by atoms with Gasteiger partial charge in [-0.2, -0.15) is 0 Å². The molecule has 0 aliphatic heterocycles. The molecule has 0 amide bonds. The fourth-order valence-corrected chi connectivity index (χ4v) is 4.27. The summed E-state index contributed by atoms with van der Waals surface area (Å²) in [5.74, 6) is 0.641. The molecule has 0 aromatic heterocycles. The summed E-state index contributed by atoms with van der Waals surface area (Å²) in [5.41, 5.74) is 0.160. The van der Waals surface area contributed by atoms with Crippen LogP contribution in [0.5, 0.6) is 0 Å². The van der Waals surface area contributed by atoms with E-state index in [4.69, 9.17) is 0 Å². The summed E-state index contributed by atoms with van der Waals surface area (Å²) >= 11 is 0. The molecule has 0 nitrogen and oxygen atoms in total. The van der Waals surface area contributed by atoms with Crippen LogP contribution in [0.4, 0.5) is 12.9 Å². The van der Waals surface area contributed by atoms with E-state index in [1.165, 1.54) is 25.7 Å². The van der Waals surface area contributed by atoms with E-state index in [0.29, 0.717) is 25.2 Å². The molecular weight excluding hydrogens is 188 g/mol. The summed E-state index contributed by atoms with van der Waals surface area (Å²) in [6.07, 6.45) is 6.32. The molecular formula is C10H15BF3-. The maximum atomic E-state index is 12.6. The highest BCUT2D eigenvalue weighted by Crippen LogP contribution is 2.85. The highest BCUT2D eigenvalue weighted by atomic mass is 19.4. The Labute approximate surface area is 82.3 Å². The molecule has 0 N–H and O–H groups in total. The lowest BCUT2D eigenvalue weighted by Crippen LogP contribution is -2.67. The minimum Gasteiger partial charge on any atom is -0.449 e. The van der Waals surface area contributed by atoms with E-state index in [0.717, 1.165) is 0 Å². The Bertz CT molecular complexity index is 245. The number of hydrogen-bond acceptors (Lipinski definition) is 0. The van der Waals surface area contributed by atoms with Crippen LogP contribution in [0, 0.1) is 11.3 Å². The molecule has 4 aliphatic carbocycles. The van der Waals surface area contributed by atoms with Crippen LogP contribution in [0.1, 0.15) is 44.9 Å². The fourth-order valence-electron chi connectivity index (χ4n) is 4.27. The second-order valence-electron chi connectivity index (χ2n) is 5.81. The van der Waals surface area contributed by atoms with E-state index in [1.54, 1.807) is 0 Å². The first-order valence-electron chi connectivity index (χ1n) is 5.67. The standard InChI is InChI=1S/C10H15BF3/c12-11(13,14)10-5-9(6-10,7-10)8-3-1-2-4-8/h8H,1-7H2/q-1. The zero-order chi connectivity index (χ0) is 10.0. The highest BCUT2D eigenvalue weighted by molar-refractivity contribution is 6.63. The summed E-state index contributed by atoms with van der Waals surface area (Å²) in [7, 11) is 0. The van der Waals surface area contributed by atoms with E-state index in [9.17, 15) is 12.9 Å².